The molecule has 0 atom stereocenters. The van der Waals surface area contributed by atoms with Crippen LogP contribution < -0.4 is 10.6 Å². The summed E-state index contributed by atoms with van der Waals surface area (Å²) in [5.41, 5.74) is 11.9. The van der Waals surface area contributed by atoms with Gasteiger partial charge < -0.3 is 10.6 Å². The van der Waals surface area contributed by atoms with Crippen LogP contribution in [0.25, 0.3) is 0 Å². The first-order valence-electron chi connectivity index (χ1n) is 5.64. The number of thiazole rings is 1. The zero-order chi connectivity index (χ0) is 13.3. The fraction of sp³-hybridized carbons (Fsp3) is 0.308. The lowest BCUT2D eigenvalue weighted by Gasteiger charge is -2.21. The molecule has 0 unspecified atom stereocenters. The molecule has 0 aliphatic rings. The van der Waals surface area contributed by atoms with Gasteiger partial charge in [-0.15, -0.1) is 11.3 Å². The van der Waals surface area contributed by atoms with Gasteiger partial charge in [-0.1, -0.05) is 0 Å². The van der Waals surface area contributed by atoms with Gasteiger partial charge in [0.1, 0.15) is 0 Å². The highest BCUT2D eigenvalue weighted by Gasteiger charge is 2.11. The summed E-state index contributed by atoms with van der Waals surface area (Å²) in [6, 6.07) is 4.07. The van der Waals surface area contributed by atoms with Gasteiger partial charge in [-0.05, 0) is 47.5 Å². The summed E-state index contributed by atoms with van der Waals surface area (Å²) in [6.45, 7) is 4.93. The Morgan fingerprint density at radius 3 is 2.72 bits per heavy atom. The Bertz CT molecular complexity index is 565. The summed E-state index contributed by atoms with van der Waals surface area (Å²) < 4.78 is 1.02. The molecule has 2 rings (SSSR count). The van der Waals surface area contributed by atoms with E-state index in [1.165, 1.54) is 4.88 Å². The molecule has 0 amide bonds. The highest BCUT2D eigenvalue weighted by atomic mass is 79.9. The van der Waals surface area contributed by atoms with Crippen molar-refractivity contribution in [1.29, 1.82) is 0 Å². The Balaban J connectivity index is 2.26. The van der Waals surface area contributed by atoms with E-state index in [1.807, 2.05) is 25.4 Å². The Hall–Kier alpha value is -1.07. The number of anilines is 2. The maximum atomic E-state index is 5.89. The second-order valence-corrected chi connectivity index (χ2v) is 6.17. The molecule has 1 aromatic heterocycles. The Morgan fingerprint density at radius 1 is 1.39 bits per heavy atom. The normalized spacial score (nSPS) is 10.7. The number of aryl methyl sites for hydroxylation is 2. The van der Waals surface area contributed by atoms with Crippen LogP contribution in [0.15, 0.2) is 22.1 Å². The molecule has 0 fully saturated rings. The molecule has 0 aliphatic heterocycles. The third kappa shape index (κ3) is 2.67. The zero-order valence-corrected chi connectivity index (χ0v) is 13.1. The maximum Gasteiger partial charge on any atom is 0.0798 e. The van der Waals surface area contributed by atoms with Gasteiger partial charge in [-0.2, -0.15) is 0 Å². The first kappa shape index (κ1) is 13.4. The molecule has 0 saturated heterocycles. The van der Waals surface area contributed by atoms with Crippen molar-refractivity contribution in [3.63, 3.8) is 0 Å². The summed E-state index contributed by atoms with van der Waals surface area (Å²) in [4.78, 5) is 7.77. The number of hydrogen-bond donors (Lipinski definition) is 1. The number of nitrogen functional groups attached to an aromatic ring is 1. The van der Waals surface area contributed by atoms with Crippen molar-refractivity contribution >= 4 is 38.6 Å². The van der Waals surface area contributed by atoms with E-state index in [2.05, 4.69) is 38.9 Å². The number of aromatic nitrogens is 1. The Kier molecular flexibility index (Phi) is 3.92. The number of hydrogen-bond acceptors (Lipinski definition) is 4. The Labute approximate surface area is 120 Å². The monoisotopic (exact) mass is 325 g/mol. The molecular formula is C13H16BrN3S. The molecular weight excluding hydrogens is 310 g/mol. The zero-order valence-electron chi connectivity index (χ0n) is 10.7. The van der Waals surface area contributed by atoms with Gasteiger partial charge in [0.05, 0.1) is 23.4 Å². The van der Waals surface area contributed by atoms with Crippen molar-refractivity contribution in [1.82, 2.24) is 4.98 Å². The van der Waals surface area contributed by atoms with Gasteiger partial charge in [0.2, 0.25) is 0 Å². The van der Waals surface area contributed by atoms with Gasteiger partial charge in [0.15, 0.2) is 0 Å². The van der Waals surface area contributed by atoms with E-state index in [4.69, 9.17) is 5.73 Å². The number of rotatable bonds is 3. The molecule has 18 heavy (non-hydrogen) atoms. The smallest absolute Gasteiger partial charge is 0.0798 e. The second kappa shape index (κ2) is 5.28. The third-order valence-corrected chi connectivity index (χ3v) is 4.53. The van der Waals surface area contributed by atoms with E-state index in [1.54, 1.807) is 11.3 Å². The van der Waals surface area contributed by atoms with Crippen LogP contribution in [0.2, 0.25) is 0 Å². The molecule has 0 saturated carbocycles. The first-order chi connectivity index (χ1) is 8.49. The molecule has 0 bridgehead atoms. The topological polar surface area (TPSA) is 42.2 Å². The van der Waals surface area contributed by atoms with Crippen LogP contribution in [0.4, 0.5) is 11.4 Å². The quantitative estimate of drug-likeness (QED) is 0.874. The lowest BCUT2D eigenvalue weighted by molar-refractivity contribution is 0.922. The number of nitrogens with zero attached hydrogens (tertiary/aromatic N) is 2. The van der Waals surface area contributed by atoms with Crippen molar-refractivity contribution in [3.8, 4) is 0 Å². The van der Waals surface area contributed by atoms with Crippen molar-refractivity contribution in [2.45, 2.75) is 20.4 Å². The van der Waals surface area contributed by atoms with Gasteiger partial charge >= 0.3 is 0 Å². The summed E-state index contributed by atoms with van der Waals surface area (Å²) >= 11 is 5.26. The van der Waals surface area contributed by atoms with Crippen LogP contribution in [0, 0.1) is 13.8 Å². The van der Waals surface area contributed by atoms with E-state index in [0.29, 0.717) is 0 Å². The fourth-order valence-corrected chi connectivity index (χ4v) is 3.25. The lowest BCUT2D eigenvalue weighted by Crippen LogP contribution is -2.17. The summed E-state index contributed by atoms with van der Waals surface area (Å²) in [6.07, 6.45) is 0. The third-order valence-electron chi connectivity index (χ3n) is 2.97. The molecule has 1 aromatic carbocycles. The highest BCUT2D eigenvalue weighted by molar-refractivity contribution is 9.10. The van der Waals surface area contributed by atoms with E-state index in [0.717, 1.165) is 33.6 Å². The Morgan fingerprint density at radius 2 is 2.11 bits per heavy atom. The van der Waals surface area contributed by atoms with E-state index >= 15 is 0 Å². The van der Waals surface area contributed by atoms with Gasteiger partial charge in [0.25, 0.3) is 0 Å². The van der Waals surface area contributed by atoms with E-state index < -0.39 is 0 Å². The second-order valence-electron chi connectivity index (χ2n) is 4.38. The van der Waals surface area contributed by atoms with Gasteiger partial charge in [-0.3, -0.25) is 0 Å². The SMILES string of the molecule is Cc1cc(N(C)Cc2scnc2C)c(Br)cc1N. The minimum absolute atomic E-state index is 0.813. The molecule has 0 spiro atoms. The summed E-state index contributed by atoms with van der Waals surface area (Å²) in [5.74, 6) is 0. The van der Waals surface area contributed by atoms with Crippen LogP contribution in [0.5, 0.6) is 0 Å². The van der Waals surface area contributed by atoms with Crippen molar-refractivity contribution in [2.24, 2.45) is 0 Å². The number of nitrogens with two attached hydrogens (primary N) is 1. The number of halogens is 1. The fourth-order valence-electron chi connectivity index (χ4n) is 1.75. The molecule has 5 heteroatoms. The van der Waals surface area contributed by atoms with Crippen molar-refractivity contribution in [2.75, 3.05) is 17.7 Å². The predicted molar refractivity (Wildman–Crippen MR) is 82.2 cm³/mol. The molecule has 2 N–H and O–H groups in total. The van der Waals surface area contributed by atoms with Crippen LogP contribution in [0.3, 0.4) is 0 Å². The highest BCUT2D eigenvalue weighted by Crippen LogP contribution is 2.31. The maximum absolute atomic E-state index is 5.89. The molecule has 96 valence electrons. The molecule has 0 aliphatic carbocycles. The molecule has 1 heterocycles. The minimum atomic E-state index is 0.813. The van der Waals surface area contributed by atoms with E-state index in [-0.39, 0.29) is 0 Å². The summed E-state index contributed by atoms with van der Waals surface area (Å²) in [5, 5.41) is 0. The average molecular weight is 326 g/mol. The van der Waals surface area contributed by atoms with Crippen molar-refractivity contribution in [3.05, 3.63) is 38.3 Å². The van der Waals surface area contributed by atoms with E-state index in [9.17, 15) is 0 Å². The van der Waals surface area contributed by atoms with Crippen LogP contribution in [-0.4, -0.2) is 12.0 Å². The van der Waals surface area contributed by atoms with Crippen LogP contribution in [0.1, 0.15) is 16.1 Å². The standard InChI is InChI=1S/C13H16BrN3S/c1-8-4-12(10(14)5-11(8)15)17(3)6-13-9(2)16-7-18-13/h4-5,7H,6,15H2,1-3H3. The lowest BCUT2D eigenvalue weighted by atomic mass is 10.1. The molecule has 0 radical (unpaired) electrons. The van der Waals surface area contributed by atoms with Gasteiger partial charge in [0, 0.05) is 22.1 Å². The van der Waals surface area contributed by atoms with Crippen LogP contribution >= 0.6 is 27.3 Å². The number of benzene rings is 1. The molecule has 3 nitrogen and oxygen atoms in total. The summed E-state index contributed by atoms with van der Waals surface area (Å²) in [7, 11) is 2.08. The first-order valence-corrected chi connectivity index (χ1v) is 7.32. The van der Waals surface area contributed by atoms with Crippen molar-refractivity contribution < 1.29 is 0 Å². The molecule has 2 aromatic rings. The average Bonchev–Trinajstić information content (AvgIpc) is 2.69. The largest absolute Gasteiger partial charge is 0.398 e. The minimum Gasteiger partial charge on any atom is -0.398 e. The predicted octanol–water partition coefficient (Wildman–Crippen LogP) is 3.74. The van der Waals surface area contributed by atoms with Crippen LogP contribution in [-0.2, 0) is 6.54 Å². The van der Waals surface area contributed by atoms with Gasteiger partial charge in [-0.25, -0.2) is 4.98 Å².